The van der Waals surface area contributed by atoms with Gasteiger partial charge < -0.3 is 5.32 Å². The number of rotatable bonds is 4. The minimum atomic E-state index is 0.663. The van der Waals surface area contributed by atoms with Crippen molar-refractivity contribution in [2.45, 2.75) is 32.4 Å². The van der Waals surface area contributed by atoms with Crippen molar-refractivity contribution in [2.24, 2.45) is 0 Å². The monoisotopic (exact) mass is 241 g/mol. The number of aryl methyl sites for hydroxylation is 1. The highest BCUT2D eigenvalue weighted by atomic mass is 15.0. The Labute approximate surface area is 106 Å². The second-order valence-corrected chi connectivity index (χ2v) is 4.52. The highest BCUT2D eigenvalue weighted by Gasteiger charge is 2.20. The van der Waals surface area contributed by atoms with Crippen molar-refractivity contribution >= 4 is 0 Å². The zero-order valence-corrected chi connectivity index (χ0v) is 10.3. The predicted molar refractivity (Wildman–Crippen MR) is 67.7 cm³/mol. The lowest BCUT2D eigenvalue weighted by atomic mass is 10.3. The lowest BCUT2D eigenvalue weighted by Gasteiger charge is -2.04. The van der Waals surface area contributed by atoms with Gasteiger partial charge >= 0.3 is 0 Å². The number of aromatic nitrogens is 4. The molecule has 18 heavy (non-hydrogen) atoms. The van der Waals surface area contributed by atoms with Gasteiger partial charge in [-0.1, -0.05) is 0 Å². The smallest absolute Gasteiger partial charge is 0.178 e. The molecule has 0 atom stereocenters. The average molecular weight is 241 g/mol. The average Bonchev–Trinajstić information content (AvgIpc) is 3.21. The van der Waals surface area contributed by atoms with E-state index in [-0.39, 0.29) is 0 Å². The van der Waals surface area contributed by atoms with Crippen molar-refractivity contribution in [1.82, 2.24) is 25.3 Å². The van der Waals surface area contributed by atoms with Gasteiger partial charge in [-0.25, -0.2) is 19.9 Å². The second kappa shape index (κ2) is 4.78. The maximum Gasteiger partial charge on any atom is 0.178 e. The molecule has 2 aromatic heterocycles. The summed E-state index contributed by atoms with van der Waals surface area (Å²) in [6, 6.07) is 4.46. The van der Waals surface area contributed by atoms with E-state index in [0.717, 1.165) is 23.8 Å². The van der Waals surface area contributed by atoms with Crippen molar-refractivity contribution in [3.63, 3.8) is 0 Å². The van der Waals surface area contributed by atoms with Crippen LogP contribution in [0.4, 0.5) is 0 Å². The van der Waals surface area contributed by atoms with E-state index in [2.05, 4.69) is 25.3 Å². The van der Waals surface area contributed by atoms with Crippen molar-refractivity contribution in [1.29, 1.82) is 0 Å². The van der Waals surface area contributed by atoms with E-state index in [1.54, 1.807) is 12.4 Å². The van der Waals surface area contributed by atoms with Gasteiger partial charge in [0.2, 0.25) is 0 Å². The molecule has 1 N–H and O–H groups in total. The van der Waals surface area contributed by atoms with Gasteiger partial charge in [0.25, 0.3) is 0 Å². The van der Waals surface area contributed by atoms with Crippen LogP contribution in [-0.4, -0.2) is 26.0 Å². The Kier molecular flexibility index (Phi) is 2.98. The molecular formula is C13H15N5. The summed E-state index contributed by atoms with van der Waals surface area (Å²) in [6.45, 7) is 2.66. The Hall–Kier alpha value is -1.88. The normalized spacial score (nSPS) is 14.7. The standard InChI is InChI=1S/C13H15N5/c1-9-14-7-5-12(17-9)13-15-6-4-11(18-13)8-16-10-2-3-10/h4-7,10,16H,2-3,8H2,1H3. The summed E-state index contributed by atoms with van der Waals surface area (Å²) in [5.41, 5.74) is 1.78. The predicted octanol–water partition coefficient (Wildman–Crippen LogP) is 1.49. The molecule has 1 aliphatic carbocycles. The van der Waals surface area contributed by atoms with Gasteiger partial charge in [0, 0.05) is 25.0 Å². The van der Waals surface area contributed by atoms with Gasteiger partial charge in [0.1, 0.15) is 11.5 Å². The molecule has 2 heterocycles. The molecule has 0 saturated heterocycles. The Morgan fingerprint density at radius 2 is 2.00 bits per heavy atom. The molecule has 92 valence electrons. The number of hydrogen-bond donors (Lipinski definition) is 1. The molecule has 5 nitrogen and oxygen atoms in total. The fraction of sp³-hybridized carbons (Fsp3) is 0.385. The van der Waals surface area contributed by atoms with Crippen LogP contribution in [0.2, 0.25) is 0 Å². The molecule has 0 aromatic carbocycles. The Balaban J connectivity index is 1.80. The third-order valence-corrected chi connectivity index (χ3v) is 2.87. The molecule has 0 radical (unpaired) electrons. The van der Waals surface area contributed by atoms with E-state index >= 15 is 0 Å². The molecule has 0 bridgehead atoms. The zero-order chi connectivity index (χ0) is 12.4. The molecule has 5 heteroatoms. The van der Waals surface area contributed by atoms with Crippen LogP contribution in [0.15, 0.2) is 24.5 Å². The number of nitrogens with one attached hydrogen (secondary N) is 1. The fourth-order valence-corrected chi connectivity index (χ4v) is 1.74. The number of hydrogen-bond acceptors (Lipinski definition) is 5. The minimum Gasteiger partial charge on any atom is -0.308 e. The van der Waals surface area contributed by atoms with E-state index in [4.69, 9.17) is 0 Å². The SMILES string of the molecule is Cc1nccc(-c2nccc(CNC3CC3)n2)n1. The first-order chi connectivity index (χ1) is 8.81. The van der Waals surface area contributed by atoms with Gasteiger partial charge in [-0.2, -0.15) is 0 Å². The molecule has 3 rings (SSSR count). The lowest BCUT2D eigenvalue weighted by molar-refractivity contribution is 0.673. The first-order valence-corrected chi connectivity index (χ1v) is 6.16. The number of nitrogens with zero attached hydrogens (tertiary/aromatic N) is 4. The summed E-state index contributed by atoms with van der Waals surface area (Å²) in [5, 5.41) is 3.44. The van der Waals surface area contributed by atoms with Gasteiger partial charge in [-0.05, 0) is 31.9 Å². The van der Waals surface area contributed by atoms with Crippen LogP contribution in [0, 0.1) is 6.92 Å². The molecule has 0 aliphatic heterocycles. The Morgan fingerprint density at radius 1 is 1.17 bits per heavy atom. The maximum atomic E-state index is 4.52. The summed E-state index contributed by atoms with van der Waals surface area (Å²) in [5.74, 6) is 1.40. The van der Waals surface area contributed by atoms with Crippen LogP contribution in [0.1, 0.15) is 24.4 Å². The quantitative estimate of drug-likeness (QED) is 0.878. The van der Waals surface area contributed by atoms with E-state index < -0.39 is 0 Å². The third kappa shape index (κ3) is 2.68. The molecule has 1 aliphatic rings. The molecular weight excluding hydrogens is 226 g/mol. The summed E-state index contributed by atoms with van der Waals surface area (Å²) in [6.07, 6.45) is 6.08. The fourth-order valence-electron chi connectivity index (χ4n) is 1.74. The maximum absolute atomic E-state index is 4.52. The van der Waals surface area contributed by atoms with E-state index in [9.17, 15) is 0 Å². The van der Waals surface area contributed by atoms with Crippen LogP contribution in [0.3, 0.4) is 0 Å². The van der Waals surface area contributed by atoms with Crippen molar-refractivity contribution in [3.05, 3.63) is 36.0 Å². The van der Waals surface area contributed by atoms with Gasteiger partial charge in [-0.3, -0.25) is 0 Å². The highest BCUT2D eigenvalue weighted by molar-refractivity contribution is 5.47. The zero-order valence-electron chi connectivity index (χ0n) is 10.3. The molecule has 2 aromatic rings. The third-order valence-electron chi connectivity index (χ3n) is 2.87. The largest absolute Gasteiger partial charge is 0.308 e. The van der Waals surface area contributed by atoms with Gasteiger partial charge in [-0.15, -0.1) is 0 Å². The molecule has 0 unspecified atom stereocenters. The first kappa shape index (κ1) is 11.2. The highest BCUT2D eigenvalue weighted by Crippen LogP contribution is 2.19. The van der Waals surface area contributed by atoms with Gasteiger partial charge in [0.15, 0.2) is 5.82 Å². The summed E-state index contributed by atoms with van der Waals surface area (Å²) >= 11 is 0. The second-order valence-electron chi connectivity index (χ2n) is 4.52. The Bertz CT molecular complexity index is 551. The molecule has 0 amide bonds. The van der Waals surface area contributed by atoms with Gasteiger partial charge in [0.05, 0.1) is 5.69 Å². The van der Waals surface area contributed by atoms with Crippen LogP contribution >= 0.6 is 0 Å². The molecule has 0 spiro atoms. The lowest BCUT2D eigenvalue weighted by Crippen LogP contribution is -2.16. The molecule has 1 saturated carbocycles. The summed E-state index contributed by atoms with van der Waals surface area (Å²) in [4.78, 5) is 17.2. The van der Waals surface area contributed by atoms with E-state index in [1.807, 2.05) is 19.1 Å². The van der Waals surface area contributed by atoms with Crippen LogP contribution in [-0.2, 0) is 6.54 Å². The minimum absolute atomic E-state index is 0.663. The Morgan fingerprint density at radius 3 is 2.78 bits per heavy atom. The molecule has 1 fully saturated rings. The van der Waals surface area contributed by atoms with Crippen molar-refractivity contribution in [2.75, 3.05) is 0 Å². The first-order valence-electron chi connectivity index (χ1n) is 6.16. The van der Waals surface area contributed by atoms with E-state index in [0.29, 0.717) is 11.9 Å². The van der Waals surface area contributed by atoms with Crippen molar-refractivity contribution < 1.29 is 0 Å². The van der Waals surface area contributed by atoms with E-state index in [1.165, 1.54) is 12.8 Å². The van der Waals surface area contributed by atoms with Crippen LogP contribution in [0.5, 0.6) is 0 Å². The van der Waals surface area contributed by atoms with Crippen molar-refractivity contribution in [3.8, 4) is 11.5 Å². The van der Waals surface area contributed by atoms with Crippen LogP contribution in [0.25, 0.3) is 11.5 Å². The van der Waals surface area contributed by atoms with Crippen LogP contribution < -0.4 is 5.32 Å². The summed E-state index contributed by atoms with van der Waals surface area (Å²) in [7, 11) is 0. The summed E-state index contributed by atoms with van der Waals surface area (Å²) < 4.78 is 0. The topological polar surface area (TPSA) is 63.6 Å².